The molecule has 5 nitrogen and oxygen atoms in total. The van der Waals surface area contributed by atoms with Gasteiger partial charge in [0, 0.05) is 49.6 Å². The Morgan fingerprint density at radius 1 is 1.37 bits per heavy atom. The number of hydrogen-bond acceptors (Lipinski definition) is 4. The van der Waals surface area contributed by atoms with Gasteiger partial charge in [-0.3, -0.25) is 4.99 Å². The molecule has 27 heavy (non-hydrogen) atoms. The Hall–Kier alpha value is -1.92. The molecule has 1 unspecified atom stereocenters. The van der Waals surface area contributed by atoms with Crippen LogP contribution in [0.1, 0.15) is 28.8 Å². The standard InChI is InChI=1S/C21H30N4OS/c1-3-22-21(23-11-9-20-24-13-17(2)27-20)25-12-10-19(14-25)16-26-15-18-7-5-4-6-8-18/h4-8,13,19H,3,9-12,14-16H2,1-2H3,(H,22,23). The highest BCUT2D eigenvalue weighted by Gasteiger charge is 2.24. The maximum Gasteiger partial charge on any atom is 0.193 e. The fraction of sp³-hybridized carbons (Fsp3) is 0.524. The number of nitrogens with zero attached hydrogens (tertiary/aromatic N) is 3. The molecule has 0 bridgehead atoms. The molecule has 0 amide bonds. The van der Waals surface area contributed by atoms with Crippen LogP contribution in [0.3, 0.4) is 0 Å². The predicted octanol–water partition coefficient (Wildman–Crippen LogP) is 3.50. The minimum Gasteiger partial charge on any atom is -0.376 e. The van der Waals surface area contributed by atoms with Crippen LogP contribution in [0.25, 0.3) is 0 Å². The summed E-state index contributed by atoms with van der Waals surface area (Å²) in [6.07, 6.45) is 4.01. The van der Waals surface area contributed by atoms with Gasteiger partial charge in [-0.1, -0.05) is 30.3 Å². The fourth-order valence-corrected chi connectivity index (χ4v) is 4.05. The van der Waals surface area contributed by atoms with E-state index in [-0.39, 0.29) is 0 Å². The third-order valence-corrected chi connectivity index (χ3v) is 5.61. The normalized spacial score (nSPS) is 17.5. The second-order valence-electron chi connectivity index (χ2n) is 6.95. The number of benzene rings is 1. The summed E-state index contributed by atoms with van der Waals surface area (Å²) >= 11 is 1.76. The van der Waals surface area contributed by atoms with E-state index in [0.29, 0.717) is 12.5 Å². The second-order valence-corrected chi connectivity index (χ2v) is 8.27. The predicted molar refractivity (Wildman–Crippen MR) is 112 cm³/mol. The summed E-state index contributed by atoms with van der Waals surface area (Å²) in [6, 6.07) is 10.4. The SMILES string of the molecule is CCNC(=NCCc1ncc(C)s1)N1CCC(COCc2ccccc2)C1. The summed E-state index contributed by atoms with van der Waals surface area (Å²) in [6.45, 7) is 9.44. The Kier molecular flexibility index (Phi) is 7.66. The van der Waals surface area contributed by atoms with Gasteiger partial charge < -0.3 is 15.0 Å². The minimum absolute atomic E-state index is 0.569. The zero-order valence-electron chi connectivity index (χ0n) is 16.4. The number of hydrogen-bond donors (Lipinski definition) is 1. The zero-order valence-corrected chi connectivity index (χ0v) is 17.2. The zero-order chi connectivity index (χ0) is 18.9. The molecule has 6 heteroatoms. The van der Waals surface area contributed by atoms with Crippen LogP contribution < -0.4 is 5.32 Å². The summed E-state index contributed by atoms with van der Waals surface area (Å²) in [7, 11) is 0. The lowest BCUT2D eigenvalue weighted by Crippen LogP contribution is -2.40. The summed E-state index contributed by atoms with van der Waals surface area (Å²) in [5.41, 5.74) is 1.24. The van der Waals surface area contributed by atoms with Crippen molar-refractivity contribution in [2.45, 2.75) is 33.3 Å². The Labute approximate surface area is 166 Å². The summed E-state index contributed by atoms with van der Waals surface area (Å²) < 4.78 is 5.94. The van der Waals surface area contributed by atoms with Gasteiger partial charge >= 0.3 is 0 Å². The molecule has 1 aliphatic heterocycles. The number of rotatable bonds is 8. The highest BCUT2D eigenvalue weighted by atomic mass is 32.1. The molecular weight excluding hydrogens is 356 g/mol. The van der Waals surface area contributed by atoms with Crippen molar-refractivity contribution < 1.29 is 4.74 Å². The molecule has 1 N–H and O–H groups in total. The molecule has 0 saturated carbocycles. The van der Waals surface area contributed by atoms with Crippen LogP contribution in [0.2, 0.25) is 0 Å². The third-order valence-electron chi connectivity index (χ3n) is 4.64. The van der Waals surface area contributed by atoms with Crippen molar-refractivity contribution in [3.05, 3.63) is 52.0 Å². The van der Waals surface area contributed by atoms with Gasteiger partial charge in [0.05, 0.1) is 18.2 Å². The first-order valence-corrected chi connectivity index (χ1v) is 10.6. The molecular formula is C21H30N4OS. The van der Waals surface area contributed by atoms with Crippen LogP contribution in [0.15, 0.2) is 41.5 Å². The van der Waals surface area contributed by atoms with Crippen molar-refractivity contribution >= 4 is 17.3 Å². The average molecular weight is 387 g/mol. The fourth-order valence-electron chi connectivity index (χ4n) is 3.28. The van der Waals surface area contributed by atoms with E-state index < -0.39 is 0 Å². The lowest BCUT2D eigenvalue weighted by atomic mass is 10.1. The van der Waals surface area contributed by atoms with E-state index >= 15 is 0 Å². The minimum atomic E-state index is 0.569. The van der Waals surface area contributed by atoms with E-state index in [0.717, 1.165) is 51.6 Å². The molecule has 1 atom stereocenters. The van der Waals surface area contributed by atoms with Crippen molar-refractivity contribution in [3.63, 3.8) is 0 Å². The molecule has 1 aliphatic rings. The summed E-state index contributed by atoms with van der Waals surface area (Å²) in [5, 5.41) is 4.60. The number of guanidine groups is 1. The second kappa shape index (κ2) is 10.4. The monoisotopic (exact) mass is 386 g/mol. The van der Waals surface area contributed by atoms with Gasteiger partial charge in [-0.2, -0.15) is 0 Å². The van der Waals surface area contributed by atoms with Crippen molar-refractivity contribution in [1.82, 2.24) is 15.2 Å². The molecule has 1 fully saturated rings. The lowest BCUT2D eigenvalue weighted by molar-refractivity contribution is 0.0907. The number of aliphatic imine (C=N–C) groups is 1. The average Bonchev–Trinajstić information content (AvgIpc) is 3.31. The Bertz CT molecular complexity index is 716. The summed E-state index contributed by atoms with van der Waals surface area (Å²) in [5.74, 6) is 1.59. The van der Waals surface area contributed by atoms with Crippen molar-refractivity contribution in [2.24, 2.45) is 10.9 Å². The highest BCUT2D eigenvalue weighted by molar-refractivity contribution is 7.11. The quantitative estimate of drug-likeness (QED) is 0.557. The number of aromatic nitrogens is 1. The van der Waals surface area contributed by atoms with Crippen LogP contribution in [0, 0.1) is 12.8 Å². The number of thiazole rings is 1. The molecule has 1 aromatic carbocycles. The van der Waals surface area contributed by atoms with Crippen LogP contribution in [-0.2, 0) is 17.8 Å². The van der Waals surface area contributed by atoms with E-state index in [1.165, 1.54) is 15.4 Å². The molecule has 0 spiro atoms. The van der Waals surface area contributed by atoms with Crippen LogP contribution in [0.4, 0.5) is 0 Å². The van der Waals surface area contributed by atoms with Gasteiger partial charge in [0.1, 0.15) is 0 Å². The maximum absolute atomic E-state index is 5.94. The van der Waals surface area contributed by atoms with E-state index in [1.54, 1.807) is 11.3 Å². The van der Waals surface area contributed by atoms with Crippen molar-refractivity contribution in [1.29, 1.82) is 0 Å². The first-order valence-electron chi connectivity index (χ1n) is 9.81. The maximum atomic E-state index is 5.94. The van der Waals surface area contributed by atoms with Gasteiger partial charge in [0.25, 0.3) is 0 Å². The molecule has 3 rings (SSSR count). The Morgan fingerprint density at radius 3 is 2.96 bits per heavy atom. The number of likely N-dealkylation sites (tertiary alicyclic amines) is 1. The van der Waals surface area contributed by atoms with Gasteiger partial charge in [-0.05, 0) is 25.8 Å². The van der Waals surface area contributed by atoms with E-state index in [9.17, 15) is 0 Å². The Balaban J connectivity index is 1.44. The highest BCUT2D eigenvalue weighted by Crippen LogP contribution is 2.18. The summed E-state index contributed by atoms with van der Waals surface area (Å²) in [4.78, 5) is 12.9. The van der Waals surface area contributed by atoms with Crippen molar-refractivity contribution in [2.75, 3.05) is 32.8 Å². The number of ether oxygens (including phenoxy) is 1. The molecule has 2 heterocycles. The smallest absolute Gasteiger partial charge is 0.193 e. The first kappa shape index (κ1) is 19.8. The molecule has 1 aromatic heterocycles. The van der Waals surface area contributed by atoms with Crippen LogP contribution in [-0.4, -0.2) is 48.6 Å². The molecule has 146 valence electrons. The van der Waals surface area contributed by atoms with Crippen LogP contribution >= 0.6 is 11.3 Å². The van der Waals surface area contributed by atoms with E-state index in [2.05, 4.69) is 53.3 Å². The van der Waals surface area contributed by atoms with E-state index in [4.69, 9.17) is 9.73 Å². The molecule has 1 saturated heterocycles. The van der Waals surface area contributed by atoms with Gasteiger partial charge in [0.2, 0.25) is 0 Å². The van der Waals surface area contributed by atoms with Gasteiger partial charge in [-0.15, -0.1) is 11.3 Å². The Morgan fingerprint density at radius 2 is 2.22 bits per heavy atom. The molecule has 0 aliphatic carbocycles. The van der Waals surface area contributed by atoms with Gasteiger partial charge in [0.15, 0.2) is 5.96 Å². The molecule has 0 radical (unpaired) electrons. The largest absolute Gasteiger partial charge is 0.376 e. The lowest BCUT2D eigenvalue weighted by Gasteiger charge is -2.21. The first-order chi connectivity index (χ1) is 13.2. The van der Waals surface area contributed by atoms with Crippen LogP contribution in [0.5, 0.6) is 0 Å². The van der Waals surface area contributed by atoms with Crippen molar-refractivity contribution in [3.8, 4) is 0 Å². The topological polar surface area (TPSA) is 49.8 Å². The third kappa shape index (κ3) is 6.33. The number of nitrogens with one attached hydrogen (secondary N) is 1. The molecule has 2 aromatic rings. The van der Waals surface area contributed by atoms with E-state index in [1.807, 2.05) is 12.3 Å². The number of aryl methyl sites for hydroxylation is 1. The van der Waals surface area contributed by atoms with Gasteiger partial charge in [-0.25, -0.2) is 4.98 Å².